The lowest BCUT2D eigenvalue weighted by molar-refractivity contribution is -0.137. The molecule has 0 bridgehead atoms. The summed E-state index contributed by atoms with van der Waals surface area (Å²) in [7, 11) is 0. The molecule has 0 amide bonds. The molecule has 0 aliphatic carbocycles. The summed E-state index contributed by atoms with van der Waals surface area (Å²) in [5, 5.41) is 16.2. The van der Waals surface area contributed by atoms with Gasteiger partial charge < -0.3 is 10.1 Å². The molecule has 1 aliphatic heterocycles. The Morgan fingerprint density at radius 2 is 1.90 bits per heavy atom. The molecule has 0 fully saturated rings. The van der Waals surface area contributed by atoms with Crippen molar-refractivity contribution in [2.24, 2.45) is 0 Å². The number of fused-ring (bicyclic) bond motifs is 1. The van der Waals surface area contributed by atoms with Crippen molar-refractivity contribution in [1.29, 1.82) is 5.41 Å². The summed E-state index contributed by atoms with van der Waals surface area (Å²) >= 11 is 6.00. The molecule has 0 unspecified atom stereocenters. The van der Waals surface area contributed by atoms with Gasteiger partial charge in [-0.1, -0.05) is 30.4 Å². The van der Waals surface area contributed by atoms with Crippen LogP contribution in [0.4, 0.5) is 13.2 Å². The molecule has 0 saturated carbocycles. The minimum Gasteiger partial charge on any atom is -0.436 e. The fourth-order valence-corrected chi connectivity index (χ4v) is 3.40. The maximum absolute atomic E-state index is 13.4. The number of allylic oxidation sites excluding steroid dienone is 3. The van der Waals surface area contributed by atoms with Crippen molar-refractivity contribution >= 4 is 28.1 Å². The first kappa shape index (κ1) is 20.0. The third-order valence-electron chi connectivity index (χ3n) is 4.76. The van der Waals surface area contributed by atoms with E-state index >= 15 is 0 Å². The van der Waals surface area contributed by atoms with Gasteiger partial charge in [-0.05, 0) is 31.2 Å². The monoisotopic (exact) mass is 432 g/mol. The number of benzene rings is 2. The Morgan fingerprint density at radius 3 is 2.60 bits per heavy atom. The van der Waals surface area contributed by atoms with Gasteiger partial charge in [0.15, 0.2) is 5.49 Å². The lowest BCUT2D eigenvalue weighted by atomic mass is 9.98. The van der Waals surface area contributed by atoms with Gasteiger partial charge in [-0.2, -0.15) is 17.4 Å². The number of ether oxygens (including phenoxy) is 1. The number of dihydropyridines is 1. The second-order valence-corrected chi connectivity index (χ2v) is 7.01. The van der Waals surface area contributed by atoms with Gasteiger partial charge in [-0.25, -0.2) is 0 Å². The fourth-order valence-electron chi connectivity index (χ4n) is 3.25. The topological polar surface area (TPSA) is 62.9 Å². The van der Waals surface area contributed by atoms with Crippen LogP contribution in [0.15, 0.2) is 60.3 Å². The molecule has 1 aromatic heterocycles. The van der Waals surface area contributed by atoms with Crippen molar-refractivity contribution in [2.45, 2.75) is 13.1 Å². The van der Waals surface area contributed by atoms with Crippen molar-refractivity contribution in [1.82, 2.24) is 14.6 Å². The average molecular weight is 433 g/mol. The number of nitrogens with one attached hydrogen (secondary N) is 2. The summed E-state index contributed by atoms with van der Waals surface area (Å²) in [4.78, 5) is 0. The Hall–Kier alpha value is -3.26. The largest absolute Gasteiger partial charge is 0.436 e. The number of hydrogen-bond donors (Lipinski definition) is 2. The maximum Gasteiger partial charge on any atom is 0.416 e. The van der Waals surface area contributed by atoms with E-state index in [0.29, 0.717) is 28.5 Å². The van der Waals surface area contributed by atoms with Gasteiger partial charge in [0.2, 0.25) is 5.88 Å². The van der Waals surface area contributed by atoms with Crippen LogP contribution in [0.1, 0.15) is 18.1 Å². The predicted octanol–water partition coefficient (Wildman–Crippen LogP) is 5.22. The number of nitrogens with zero attached hydrogens (tertiary/aromatic N) is 2. The van der Waals surface area contributed by atoms with Crippen LogP contribution in [0, 0.1) is 5.41 Å². The summed E-state index contributed by atoms with van der Waals surface area (Å²) in [6, 6.07) is 10.1. The summed E-state index contributed by atoms with van der Waals surface area (Å²) in [5.41, 5.74) is 1.11. The van der Waals surface area contributed by atoms with Gasteiger partial charge in [0.1, 0.15) is 5.75 Å². The molecular weight excluding hydrogens is 417 g/mol. The molecule has 4 rings (SSSR count). The second-order valence-electron chi connectivity index (χ2n) is 6.69. The van der Waals surface area contributed by atoms with E-state index in [9.17, 15) is 13.2 Å². The Bertz CT molecular complexity index is 1260. The molecule has 2 aromatic carbocycles. The van der Waals surface area contributed by atoms with E-state index in [1.807, 2.05) is 19.1 Å². The quantitative estimate of drug-likeness (QED) is 0.596. The van der Waals surface area contributed by atoms with Crippen LogP contribution in [0.25, 0.3) is 16.3 Å². The van der Waals surface area contributed by atoms with Gasteiger partial charge in [0.05, 0.1) is 5.56 Å². The third kappa shape index (κ3) is 3.66. The molecule has 5 nitrogen and oxygen atoms in total. The Morgan fingerprint density at radius 1 is 1.17 bits per heavy atom. The first-order valence-corrected chi connectivity index (χ1v) is 9.33. The number of alkyl halides is 3. The highest BCUT2D eigenvalue weighted by atomic mass is 35.5. The van der Waals surface area contributed by atoms with Gasteiger partial charge in [0, 0.05) is 45.9 Å². The van der Waals surface area contributed by atoms with Crippen LogP contribution in [0.2, 0.25) is 0 Å². The molecule has 9 heteroatoms. The summed E-state index contributed by atoms with van der Waals surface area (Å²) in [5.74, 6) is -0.0113. The van der Waals surface area contributed by atoms with Crippen LogP contribution in [0.5, 0.6) is 11.6 Å². The Labute approximate surface area is 174 Å². The molecule has 0 saturated heterocycles. The minimum atomic E-state index is -4.53. The van der Waals surface area contributed by atoms with E-state index in [4.69, 9.17) is 21.9 Å². The van der Waals surface area contributed by atoms with E-state index < -0.39 is 11.7 Å². The molecular formula is C21H16ClF3N4O. The van der Waals surface area contributed by atoms with E-state index in [1.165, 1.54) is 6.07 Å². The zero-order valence-corrected chi connectivity index (χ0v) is 16.5. The first-order valence-electron chi connectivity index (χ1n) is 8.99. The minimum absolute atomic E-state index is 0.00294. The predicted molar refractivity (Wildman–Crippen MR) is 108 cm³/mol. The van der Waals surface area contributed by atoms with Gasteiger partial charge in [-0.3, -0.25) is 5.41 Å². The molecule has 30 heavy (non-hydrogen) atoms. The molecule has 0 spiro atoms. The molecule has 2 heterocycles. The molecule has 0 radical (unpaired) electrons. The highest BCUT2D eigenvalue weighted by Gasteiger charge is 2.32. The Kier molecular flexibility index (Phi) is 5.03. The van der Waals surface area contributed by atoms with E-state index in [2.05, 4.69) is 10.4 Å². The average Bonchev–Trinajstić information content (AvgIpc) is 2.72. The number of hydrogen-bond acceptors (Lipinski definition) is 4. The molecule has 154 valence electrons. The maximum atomic E-state index is 13.4. The van der Waals surface area contributed by atoms with Crippen molar-refractivity contribution in [3.8, 4) is 11.6 Å². The van der Waals surface area contributed by atoms with Crippen LogP contribution < -0.4 is 15.5 Å². The van der Waals surface area contributed by atoms with Gasteiger partial charge >= 0.3 is 6.18 Å². The van der Waals surface area contributed by atoms with E-state index in [1.54, 1.807) is 24.3 Å². The second kappa shape index (κ2) is 7.53. The zero-order chi connectivity index (χ0) is 21.5. The van der Waals surface area contributed by atoms with Gasteiger partial charge in [-0.15, -0.1) is 5.10 Å². The molecule has 1 aliphatic rings. The lowest BCUT2D eigenvalue weighted by Gasteiger charge is -2.19. The highest BCUT2D eigenvalue weighted by molar-refractivity contribution is 6.15. The zero-order valence-electron chi connectivity index (χ0n) is 15.7. The SMILES string of the molecule is CC1=C(c2ccc(C(F)(F)F)cc2Oc2nn(Cl)c(=N)c3ccccc23)C=CCN1. The molecule has 2 N–H and O–H groups in total. The smallest absolute Gasteiger partial charge is 0.416 e. The summed E-state index contributed by atoms with van der Waals surface area (Å²) in [6.45, 7) is 2.48. The first-order chi connectivity index (χ1) is 14.3. The van der Waals surface area contributed by atoms with Crippen molar-refractivity contribution < 1.29 is 17.9 Å². The fraction of sp³-hybridized carbons (Fsp3) is 0.143. The van der Waals surface area contributed by atoms with Crippen molar-refractivity contribution in [2.75, 3.05) is 6.54 Å². The standard InChI is InChI=1S/C21H16ClF3N4O/c1-12-14(7-4-10-27-12)15-9-8-13(21(23,24)25)11-18(15)30-20-17-6-3-2-5-16(17)19(26)29(22)28-20/h2-9,11,26-27H,10H2,1H3. The summed E-state index contributed by atoms with van der Waals surface area (Å²) < 4.78 is 46.8. The van der Waals surface area contributed by atoms with Crippen molar-refractivity contribution in [3.05, 3.63) is 76.9 Å². The Balaban J connectivity index is 1.92. The molecule has 0 atom stereocenters. The highest BCUT2D eigenvalue weighted by Crippen LogP contribution is 2.39. The number of halogens is 4. The summed E-state index contributed by atoms with van der Waals surface area (Å²) in [6.07, 6.45) is -0.825. The molecule has 3 aromatic rings. The van der Waals surface area contributed by atoms with Crippen LogP contribution in [0.3, 0.4) is 0 Å². The van der Waals surface area contributed by atoms with Crippen LogP contribution in [-0.4, -0.2) is 15.8 Å². The van der Waals surface area contributed by atoms with Crippen LogP contribution in [-0.2, 0) is 6.18 Å². The van der Waals surface area contributed by atoms with Crippen LogP contribution >= 0.6 is 11.8 Å². The van der Waals surface area contributed by atoms with Gasteiger partial charge in [0.25, 0.3) is 0 Å². The lowest BCUT2D eigenvalue weighted by Crippen LogP contribution is -2.17. The third-order valence-corrected chi connectivity index (χ3v) is 5.00. The number of rotatable bonds is 3. The van der Waals surface area contributed by atoms with Crippen molar-refractivity contribution in [3.63, 3.8) is 0 Å². The normalized spacial score (nSPS) is 14.2. The number of aromatic nitrogens is 2. The van der Waals surface area contributed by atoms with E-state index in [-0.39, 0.29) is 17.1 Å². The van der Waals surface area contributed by atoms with E-state index in [0.717, 1.165) is 22.0 Å².